The Bertz CT molecular complexity index is 600. The molecule has 1 saturated carbocycles. The molecule has 2 unspecified atom stereocenters. The lowest BCUT2D eigenvalue weighted by Crippen LogP contribution is -2.49. The predicted molar refractivity (Wildman–Crippen MR) is 86.0 cm³/mol. The third kappa shape index (κ3) is 4.97. The van der Waals surface area contributed by atoms with Crippen LogP contribution in [0.3, 0.4) is 0 Å². The van der Waals surface area contributed by atoms with Crippen molar-refractivity contribution in [3.8, 4) is 5.75 Å². The molecule has 2 rings (SSSR count). The van der Waals surface area contributed by atoms with E-state index in [1.165, 1.54) is 0 Å². The predicted octanol–water partition coefficient (Wildman–Crippen LogP) is 1.41. The largest absolute Gasteiger partial charge is 0.484 e. The van der Waals surface area contributed by atoms with Crippen LogP contribution in [0.5, 0.6) is 5.75 Å². The first-order valence-electron chi connectivity index (χ1n) is 7.98. The zero-order valence-corrected chi connectivity index (χ0v) is 13.6. The Hall–Kier alpha value is -2.57. The molecule has 1 aromatic carbocycles. The Kier molecular flexibility index (Phi) is 6.17. The van der Waals surface area contributed by atoms with Gasteiger partial charge in [0.05, 0.1) is 11.8 Å². The minimum atomic E-state index is -0.969. The molecule has 1 aliphatic carbocycles. The number of aliphatic carboxylic acids is 1. The third-order valence-electron chi connectivity index (χ3n) is 4.14. The van der Waals surface area contributed by atoms with Crippen LogP contribution in [-0.2, 0) is 14.4 Å². The number of rotatable bonds is 5. The van der Waals surface area contributed by atoms with Crippen LogP contribution in [0.25, 0.3) is 0 Å². The summed E-state index contributed by atoms with van der Waals surface area (Å²) in [5, 5.41) is 9.18. The zero-order valence-electron chi connectivity index (χ0n) is 13.6. The second kappa shape index (κ2) is 8.33. The molecule has 3 N–H and O–H groups in total. The molecule has 1 aromatic rings. The quantitative estimate of drug-likeness (QED) is 0.706. The summed E-state index contributed by atoms with van der Waals surface area (Å²) >= 11 is 0. The van der Waals surface area contributed by atoms with E-state index in [0.717, 1.165) is 18.4 Å². The minimum Gasteiger partial charge on any atom is -0.484 e. The molecule has 2 amide bonds. The van der Waals surface area contributed by atoms with Crippen LogP contribution in [0.15, 0.2) is 24.3 Å². The van der Waals surface area contributed by atoms with Crippen molar-refractivity contribution in [2.45, 2.75) is 32.6 Å². The molecule has 1 aliphatic rings. The fourth-order valence-electron chi connectivity index (χ4n) is 2.78. The van der Waals surface area contributed by atoms with E-state index >= 15 is 0 Å². The number of nitrogens with one attached hydrogen (secondary N) is 2. The Balaban J connectivity index is 1.77. The number of aryl methyl sites for hydroxylation is 1. The maximum absolute atomic E-state index is 12.1. The lowest BCUT2D eigenvalue weighted by Gasteiger charge is -2.27. The fourth-order valence-corrected chi connectivity index (χ4v) is 2.78. The molecule has 0 bridgehead atoms. The summed E-state index contributed by atoms with van der Waals surface area (Å²) in [5.74, 6) is -2.70. The molecule has 1 fully saturated rings. The molecule has 130 valence electrons. The number of ether oxygens (including phenoxy) is 1. The second-order valence-electron chi connectivity index (χ2n) is 5.97. The SMILES string of the molecule is Cc1ccc(OCC(=O)NNC(=O)C2CCCCC2C(=O)O)cc1. The van der Waals surface area contributed by atoms with Crippen molar-refractivity contribution in [3.63, 3.8) is 0 Å². The fraction of sp³-hybridized carbons (Fsp3) is 0.471. The molecule has 0 heterocycles. The highest BCUT2D eigenvalue weighted by atomic mass is 16.5. The van der Waals surface area contributed by atoms with Crippen LogP contribution >= 0.6 is 0 Å². The van der Waals surface area contributed by atoms with Gasteiger partial charge in [-0.1, -0.05) is 30.5 Å². The average Bonchev–Trinajstić information content (AvgIpc) is 2.59. The summed E-state index contributed by atoms with van der Waals surface area (Å²) in [7, 11) is 0. The number of carbonyl (C=O) groups excluding carboxylic acids is 2. The van der Waals surface area contributed by atoms with E-state index in [9.17, 15) is 19.5 Å². The highest BCUT2D eigenvalue weighted by Gasteiger charge is 2.35. The summed E-state index contributed by atoms with van der Waals surface area (Å²) in [6.07, 6.45) is 2.61. The highest BCUT2D eigenvalue weighted by molar-refractivity contribution is 5.87. The van der Waals surface area contributed by atoms with E-state index in [4.69, 9.17) is 4.74 Å². The summed E-state index contributed by atoms with van der Waals surface area (Å²) in [6.45, 7) is 1.71. The van der Waals surface area contributed by atoms with E-state index in [1.807, 2.05) is 19.1 Å². The van der Waals surface area contributed by atoms with Crippen molar-refractivity contribution in [1.29, 1.82) is 0 Å². The molecule has 0 radical (unpaired) electrons. The first-order chi connectivity index (χ1) is 11.5. The van der Waals surface area contributed by atoms with Crippen molar-refractivity contribution < 1.29 is 24.2 Å². The molecule has 0 spiro atoms. The van der Waals surface area contributed by atoms with Crippen LogP contribution in [0, 0.1) is 18.8 Å². The van der Waals surface area contributed by atoms with Gasteiger partial charge in [0.15, 0.2) is 6.61 Å². The number of carbonyl (C=O) groups is 3. The van der Waals surface area contributed by atoms with Gasteiger partial charge in [-0.05, 0) is 31.9 Å². The Morgan fingerprint density at radius 1 is 1.08 bits per heavy atom. The van der Waals surface area contributed by atoms with Gasteiger partial charge in [-0.2, -0.15) is 0 Å². The van der Waals surface area contributed by atoms with Gasteiger partial charge in [0, 0.05) is 0 Å². The van der Waals surface area contributed by atoms with E-state index in [-0.39, 0.29) is 6.61 Å². The maximum Gasteiger partial charge on any atom is 0.307 e. The van der Waals surface area contributed by atoms with Crippen molar-refractivity contribution in [1.82, 2.24) is 10.9 Å². The van der Waals surface area contributed by atoms with E-state index in [2.05, 4.69) is 10.9 Å². The molecule has 0 aliphatic heterocycles. The monoisotopic (exact) mass is 334 g/mol. The first-order valence-corrected chi connectivity index (χ1v) is 7.98. The van der Waals surface area contributed by atoms with Crippen LogP contribution in [0.4, 0.5) is 0 Å². The van der Waals surface area contributed by atoms with E-state index in [1.54, 1.807) is 12.1 Å². The van der Waals surface area contributed by atoms with Crippen molar-refractivity contribution in [2.75, 3.05) is 6.61 Å². The van der Waals surface area contributed by atoms with Crippen LogP contribution < -0.4 is 15.6 Å². The van der Waals surface area contributed by atoms with Crippen LogP contribution in [0.1, 0.15) is 31.2 Å². The Morgan fingerprint density at radius 2 is 1.71 bits per heavy atom. The van der Waals surface area contributed by atoms with Crippen LogP contribution in [-0.4, -0.2) is 29.5 Å². The Morgan fingerprint density at radius 3 is 2.33 bits per heavy atom. The average molecular weight is 334 g/mol. The Labute approximate surface area is 140 Å². The minimum absolute atomic E-state index is 0.240. The summed E-state index contributed by atoms with van der Waals surface area (Å²) < 4.78 is 5.30. The maximum atomic E-state index is 12.1. The number of benzene rings is 1. The number of carboxylic acid groups (broad SMARTS) is 1. The first kappa shape index (κ1) is 17.8. The third-order valence-corrected chi connectivity index (χ3v) is 4.14. The summed E-state index contributed by atoms with van der Waals surface area (Å²) in [4.78, 5) is 35.0. The molecule has 7 nitrogen and oxygen atoms in total. The lowest BCUT2D eigenvalue weighted by atomic mass is 9.79. The number of hydrazine groups is 1. The van der Waals surface area contributed by atoms with Gasteiger partial charge in [-0.3, -0.25) is 25.2 Å². The van der Waals surface area contributed by atoms with E-state index < -0.39 is 29.6 Å². The molecular formula is C17H22N2O5. The molecule has 7 heteroatoms. The molecule has 2 atom stereocenters. The zero-order chi connectivity index (χ0) is 17.5. The van der Waals surface area contributed by atoms with Crippen molar-refractivity contribution in [3.05, 3.63) is 29.8 Å². The molecule has 0 saturated heterocycles. The molecule has 0 aromatic heterocycles. The number of amides is 2. The smallest absolute Gasteiger partial charge is 0.307 e. The van der Waals surface area contributed by atoms with Gasteiger partial charge < -0.3 is 9.84 Å². The number of hydrogen-bond acceptors (Lipinski definition) is 4. The normalized spacial score (nSPS) is 20.0. The van der Waals surface area contributed by atoms with Crippen LogP contribution in [0.2, 0.25) is 0 Å². The van der Waals surface area contributed by atoms with Gasteiger partial charge in [-0.15, -0.1) is 0 Å². The standard InChI is InChI=1S/C17H22N2O5/c1-11-6-8-12(9-7-11)24-10-15(20)18-19-16(21)13-4-2-3-5-14(13)17(22)23/h6-9,13-14H,2-5,10H2,1H3,(H,18,20)(H,19,21)(H,22,23). The summed E-state index contributed by atoms with van der Waals surface area (Å²) in [6, 6.07) is 7.23. The molecule has 24 heavy (non-hydrogen) atoms. The van der Waals surface area contributed by atoms with Gasteiger partial charge >= 0.3 is 5.97 Å². The number of carboxylic acids is 1. The van der Waals surface area contributed by atoms with Crippen molar-refractivity contribution >= 4 is 17.8 Å². The van der Waals surface area contributed by atoms with Gasteiger partial charge in [0.25, 0.3) is 5.91 Å². The van der Waals surface area contributed by atoms with E-state index in [0.29, 0.717) is 18.6 Å². The lowest BCUT2D eigenvalue weighted by molar-refractivity contribution is -0.149. The van der Waals surface area contributed by atoms with Gasteiger partial charge in [0.2, 0.25) is 5.91 Å². The second-order valence-corrected chi connectivity index (χ2v) is 5.97. The van der Waals surface area contributed by atoms with Gasteiger partial charge in [0.1, 0.15) is 5.75 Å². The summed E-state index contributed by atoms with van der Waals surface area (Å²) in [5.41, 5.74) is 5.65. The van der Waals surface area contributed by atoms with Gasteiger partial charge in [-0.25, -0.2) is 0 Å². The highest BCUT2D eigenvalue weighted by Crippen LogP contribution is 2.30. The van der Waals surface area contributed by atoms with Crippen molar-refractivity contribution in [2.24, 2.45) is 11.8 Å². The topological polar surface area (TPSA) is 105 Å². The molecular weight excluding hydrogens is 312 g/mol. The number of hydrogen-bond donors (Lipinski definition) is 3.